The number of phosphoric ester groups is 1. The Balaban J connectivity index is 4.40. The highest BCUT2D eigenvalue weighted by Crippen LogP contribution is 2.38. The number of aliphatic hydroxyl groups is 1. The van der Waals surface area contributed by atoms with Gasteiger partial charge >= 0.3 is 0 Å². The Morgan fingerprint density at radius 2 is 1.04 bits per heavy atom. The third-order valence-electron chi connectivity index (χ3n) is 10.4. The van der Waals surface area contributed by atoms with Crippen LogP contribution in [0.25, 0.3) is 0 Å². The van der Waals surface area contributed by atoms with E-state index in [4.69, 9.17) is 9.05 Å². The van der Waals surface area contributed by atoms with Crippen molar-refractivity contribution in [2.24, 2.45) is 0 Å². The SMILES string of the molecule is CCCCCCCC/C=C\C/C=C\CCC(=O)NC(COP(=O)([O-])OCC[N+](C)(C)C)C(O)/C=C/CCCCCCCCCCCCCCCCCCCCC. The molecule has 9 heteroatoms. The van der Waals surface area contributed by atoms with Crippen LogP contribution in [0.2, 0.25) is 0 Å². The lowest BCUT2D eigenvalue weighted by molar-refractivity contribution is -0.870. The third-order valence-corrected chi connectivity index (χ3v) is 11.3. The van der Waals surface area contributed by atoms with Crippen molar-refractivity contribution < 1.29 is 32.9 Å². The van der Waals surface area contributed by atoms with E-state index in [2.05, 4.69) is 37.4 Å². The molecular formula is C47H91N2O6P. The predicted octanol–water partition coefficient (Wildman–Crippen LogP) is 12.5. The van der Waals surface area contributed by atoms with Gasteiger partial charge in [-0.25, -0.2) is 0 Å². The van der Waals surface area contributed by atoms with E-state index in [1.54, 1.807) is 6.08 Å². The number of allylic oxidation sites excluding steroid dienone is 5. The maximum Gasteiger partial charge on any atom is 0.268 e. The molecule has 0 fully saturated rings. The molecule has 0 heterocycles. The molecule has 3 atom stereocenters. The summed E-state index contributed by atoms with van der Waals surface area (Å²) in [5, 5.41) is 13.7. The van der Waals surface area contributed by atoms with Crippen molar-refractivity contribution in [2.45, 2.75) is 219 Å². The number of phosphoric acid groups is 1. The predicted molar refractivity (Wildman–Crippen MR) is 238 cm³/mol. The van der Waals surface area contributed by atoms with Crippen LogP contribution in [0.5, 0.6) is 0 Å². The highest BCUT2D eigenvalue weighted by molar-refractivity contribution is 7.45. The molecule has 3 unspecified atom stereocenters. The Hall–Kier alpha value is -1.28. The highest BCUT2D eigenvalue weighted by atomic mass is 31.2. The molecule has 2 N–H and O–H groups in total. The molecule has 0 saturated heterocycles. The molecule has 56 heavy (non-hydrogen) atoms. The lowest BCUT2D eigenvalue weighted by Crippen LogP contribution is -2.45. The number of rotatable bonds is 42. The summed E-state index contributed by atoms with van der Waals surface area (Å²) in [6.07, 6.45) is 47.8. The van der Waals surface area contributed by atoms with Gasteiger partial charge in [-0.15, -0.1) is 0 Å². The molecule has 0 bridgehead atoms. The average molecular weight is 811 g/mol. The van der Waals surface area contributed by atoms with Gasteiger partial charge in [0.1, 0.15) is 13.2 Å². The summed E-state index contributed by atoms with van der Waals surface area (Å²) in [5.41, 5.74) is 0. The van der Waals surface area contributed by atoms with Gasteiger partial charge in [0.2, 0.25) is 5.91 Å². The summed E-state index contributed by atoms with van der Waals surface area (Å²) in [6.45, 7) is 4.60. The zero-order chi connectivity index (χ0) is 41.4. The molecule has 0 aliphatic rings. The maximum atomic E-state index is 12.8. The molecular weight excluding hydrogens is 719 g/mol. The lowest BCUT2D eigenvalue weighted by Gasteiger charge is -2.29. The van der Waals surface area contributed by atoms with Crippen LogP contribution < -0.4 is 10.2 Å². The zero-order valence-electron chi connectivity index (χ0n) is 37.3. The summed E-state index contributed by atoms with van der Waals surface area (Å²) >= 11 is 0. The molecule has 0 aliphatic carbocycles. The Labute approximate surface area is 347 Å². The fourth-order valence-electron chi connectivity index (χ4n) is 6.61. The molecule has 0 aromatic carbocycles. The van der Waals surface area contributed by atoms with E-state index in [9.17, 15) is 19.4 Å². The van der Waals surface area contributed by atoms with Crippen molar-refractivity contribution in [3.05, 3.63) is 36.5 Å². The van der Waals surface area contributed by atoms with E-state index in [0.29, 0.717) is 17.4 Å². The smallest absolute Gasteiger partial charge is 0.268 e. The fraction of sp³-hybridized carbons (Fsp3) is 0.851. The number of aliphatic hydroxyl groups excluding tert-OH is 1. The summed E-state index contributed by atoms with van der Waals surface area (Å²) in [7, 11) is 1.23. The first-order valence-corrected chi connectivity index (χ1v) is 24.8. The van der Waals surface area contributed by atoms with Gasteiger partial charge in [0, 0.05) is 6.42 Å². The van der Waals surface area contributed by atoms with E-state index in [0.717, 1.165) is 32.1 Å². The zero-order valence-corrected chi connectivity index (χ0v) is 38.2. The van der Waals surface area contributed by atoms with E-state index in [-0.39, 0.29) is 18.9 Å². The molecule has 330 valence electrons. The van der Waals surface area contributed by atoms with E-state index in [1.165, 1.54) is 148 Å². The molecule has 0 radical (unpaired) electrons. The fourth-order valence-corrected chi connectivity index (χ4v) is 7.34. The highest BCUT2D eigenvalue weighted by Gasteiger charge is 2.23. The second kappa shape index (κ2) is 39.2. The number of hydrogen-bond donors (Lipinski definition) is 2. The van der Waals surface area contributed by atoms with Gasteiger partial charge in [-0.2, -0.15) is 0 Å². The largest absolute Gasteiger partial charge is 0.756 e. The first kappa shape index (κ1) is 54.7. The summed E-state index contributed by atoms with van der Waals surface area (Å²) in [4.78, 5) is 25.2. The lowest BCUT2D eigenvalue weighted by atomic mass is 10.0. The quantitative estimate of drug-likeness (QED) is 0.0275. The van der Waals surface area contributed by atoms with Crippen molar-refractivity contribution in [1.82, 2.24) is 5.32 Å². The number of likely N-dealkylation sites (N-methyl/N-ethyl adjacent to an activating group) is 1. The van der Waals surface area contributed by atoms with Crippen molar-refractivity contribution >= 4 is 13.7 Å². The molecule has 0 saturated carbocycles. The Morgan fingerprint density at radius 3 is 1.48 bits per heavy atom. The van der Waals surface area contributed by atoms with Crippen LogP contribution in [0.1, 0.15) is 206 Å². The number of quaternary nitrogens is 1. The number of carbonyl (C=O) groups excluding carboxylic acids is 1. The molecule has 0 rings (SSSR count). The minimum Gasteiger partial charge on any atom is -0.756 e. The molecule has 0 spiro atoms. The molecule has 0 aliphatic heterocycles. The topological polar surface area (TPSA) is 108 Å². The van der Waals surface area contributed by atoms with Gasteiger partial charge in [0.25, 0.3) is 7.82 Å². The van der Waals surface area contributed by atoms with Crippen LogP contribution in [-0.2, 0) is 18.4 Å². The normalized spacial score (nSPS) is 14.6. The first-order chi connectivity index (χ1) is 27.0. The summed E-state index contributed by atoms with van der Waals surface area (Å²) in [5.74, 6) is -0.264. The van der Waals surface area contributed by atoms with E-state index < -0.39 is 26.6 Å². The summed E-state index contributed by atoms with van der Waals surface area (Å²) < 4.78 is 23.2. The second-order valence-electron chi connectivity index (χ2n) is 17.1. The molecule has 0 aromatic rings. The molecule has 8 nitrogen and oxygen atoms in total. The van der Waals surface area contributed by atoms with Crippen molar-refractivity contribution in [3.8, 4) is 0 Å². The Kier molecular flexibility index (Phi) is 38.3. The number of unbranched alkanes of at least 4 members (excludes halogenated alkanes) is 25. The first-order valence-electron chi connectivity index (χ1n) is 23.4. The number of nitrogens with one attached hydrogen (secondary N) is 1. The van der Waals surface area contributed by atoms with Gasteiger partial charge in [-0.3, -0.25) is 9.36 Å². The van der Waals surface area contributed by atoms with Crippen LogP contribution in [0.4, 0.5) is 0 Å². The Morgan fingerprint density at radius 1 is 0.625 bits per heavy atom. The average Bonchev–Trinajstić information content (AvgIpc) is 3.15. The van der Waals surface area contributed by atoms with Crippen molar-refractivity contribution in [1.29, 1.82) is 0 Å². The number of amides is 1. The third kappa shape index (κ3) is 40.9. The number of carbonyl (C=O) groups is 1. The number of hydrogen-bond acceptors (Lipinski definition) is 6. The van der Waals surface area contributed by atoms with Crippen molar-refractivity contribution in [2.75, 3.05) is 40.9 Å². The standard InChI is InChI=1S/C47H91N2O6P/c1-6-8-10-12-14-16-18-20-21-22-23-24-25-26-27-29-30-32-34-36-38-40-46(50)45(44-55-56(52,53)54-43-42-49(3,4)5)48-47(51)41-39-37-35-33-31-28-19-17-15-13-11-9-7-2/h28,31,35,37-38,40,45-46,50H,6-27,29-30,32-34,36,39,41-44H2,1-5H3,(H-,48,51,52,53)/b31-28-,37-35-,40-38+. The number of nitrogens with zero attached hydrogens (tertiary/aromatic N) is 1. The monoisotopic (exact) mass is 811 g/mol. The van der Waals surface area contributed by atoms with Gasteiger partial charge in [-0.05, 0) is 38.5 Å². The van der Waals surface area contributed by atoms with Crippen LogP contribution in [0, 0.1) is 0 Å². The van der Waals surface area contributed by atoms with E-state index in [1.807, 2.05) is 33.3 Å². The molecule has 0 aromatic heterocycles. The minimum atomic E-state index is -4.60. The van der Waals surface area contributed by atoms with Gasteiger partial charge in [-0.1, -0.05) is 198 Å². The van der Waals surface area contributed by atoms with Gasteiger partial charge < -0.3 is 28.8 Å². The van der Waals surface area contributed by atoms with Crippen LogP contribution >= 0.6 is 7.82 Å². The summed E-state index contributed by atoms with van der Waals surface area (Å²) in [6, 6.07) is -0.915. The Bertz CT molecular complexity index is 1010. The van der Waals surface area contributed by atoms with Crippen LogP contribution in [0.15, 0.2) is 36.5 Å². The maximum absolute atomic E-state index is 12.8. The van der Waals surface area contributed by atoms with Gasteiger partial charge in [0.05, 0.1) is 39.9 Å². The van der Waals surface area contributed by atoms with Gasteiger partial charge in [0.15, 0.2) is 0 Å². The second-order valence-corrected chi connectivity index (χ2v) is 18.5. The van der Waals surface area contributed by atoms with Crippen LogP contribution in [-0.4, -0.2) is 68.5 Å². The minimum absolute atomic E-state index is 0.0101. The van der Waals surface area contributed by atoms with Crippen LogP contribution in [0.3, 0.4) is 0 Å². The van der Waals surface area contributed by atoms with Crippen molar-refractivity contribution in [3.63, 3.8) is 0 Å². The molecule has 1 amide bonds. The van der Waals surface area contributed by atoms with E-state index >= 15 is 0 Å².